The standard InChI is InChI=1S/C14H13FN2O3/c15-9-1-3-10(4-2-9)17-12(5-7-16-17)13-11(14(18)19)6-8-20-13/h1-5,7,11,13H,6,8H2,(H,18,19)/t11-,13+/m0/s1. The topological polar surface area (TPSA) is 64.3 Å². The molecule has 0 radical (unpaired) electrons. The highest BCUT2D eigenvalue weighted by Gasteiger charge is 2.37. The Hall–Kier alpha value is -2.21. The van der Waals surface area contributed by atoms with Crippen molar-refractivity contribution in [1.29, 1.82) is 0 Å². The number of carbonyl (C=O) groups is 1. The average molecular weight is 276 g/mol. The second-order valence-corrected chi connectivity index (χ2v) is 4.67. The Bertz CT molecular complexity index is 624. The highest BCUT2D eigenvalue weighted by atomic mass is 19.1. The monoisotopic (exact) mass is 276 g/mol. The van der Waals surface area contributed by atoms with E-state index in [1.54, 1.807) is 29.1 Å². The lowest BCUT2D eigenvalue weighted by Gasteiger charge is -2.16. The lowest BCUT2D eigenvalue weighted by atomic mass is 9.99. The van der Waals surface area contributed by atoms with E-state index in [2.05, 4.69) is 5.10 Å². The molecule has 1 saturated heterocycles. The van der Waals surface area contributed by atoms with Gasteiger partial charge in [-0.2, -0.15) is 5.10 Å². The maximum atomic E-state index is 13.0. The predicted octanol–water partition coefficient (Wildman–Crippen LogP) is 2.17. The Labute approximate surface area is 114 Å². The fourth-order valence-electron chi connectivity index (χ4n) is 2.46. The number of hydrogen-bond acceptors (Lipinski definition) is 3. The van der Waals surface area contributed by atoms with E-state index in [1.165, 1.54) is 12.1 Å². The molecule has 2 aromatic rings. The molecule has 0 amide bonds. The van der Waals surface area contributed by atoms with Crippen LogP contribution in [0.5, 0.6) is 0 Å². The number of hydrogen-bond donors (Lipinski definition) is 1. The van der Waals surface area contributed by atoms with Crippen molar-refractivity contribution in [3.05, 3.63) is 48.0 Å². The molecule has 1 aromatic carbocycles. The van der Waals surface area contributed by atoms with Gasteiger partial charge in [-0.25, -0.2) is 9.07 Å². The normalized spacial score (nSPS) is 22.1. The van der Waals surface area contributed by atoms with Crippen LogP contribution in [-0.2, 0) is 9.53 Å². The molecule has 104 valence electrons. The summed E-state index contributed by atoms with van der Waals surface area (Å²) in [6, 6.07) is 7.60. The Kier molecular flexibility index (Phi) is 3.23. The van der Waals surface area contributed by atoms with Crippen LogP contribution < -0.4 is 0 Å². The number of aromatic nitrogens is 2. The fourth-order valence-corrected chi connectivity index (χ4v) is 2.46. The third-order valence-electron chi connectivity index (χ3n) is 3.44. The van der Waals surface area contributed by atoms with E-state index in [-0.39, 0.29) is 5.82 Å². The van der Waals surface area contributed by atoms with Crippen molar-refractivity contribution in [3.8, 4) is 5.69 Å². The van der Waals surface area contributed by atoms with Gasteiger partial charge in [0.2, 0.25) is 0 Å². The average Bonchev–Trinajstić information content (AvgIpc) is 3.07. The third-order valence-corrected chi connectivity index (χ3v) is 3.44. The second-order valence-electron chi connectivity index (χ2n) is 4.67. The van der Waals surface area contributed by atoms with E-state index in [1.807, 2.05) is 0 Å². The summed E-state index contributed by atoms with van der Waals surface area (Å²) in [5.41, 5.74) is 1.34. The molecule has 1 aliphatic rings. The van der Waals surface area contributed by atoms with Crippen molar-refractivity contribution in [2.24, 2.45) is 5.92 Å². The molecule has 1 N–H and O–H groups in total. The number of carboxylic acids is 1. The van der Waals surface area contributed by atoms with Crippen LogP contribution in [0.1, 0.15) is 18.2 Å². The molecule has 1 aliphatic heterocycles. The lowest BCUT2D eigenvalue weighted by molar-refractivity contribution is -0.143. The van der Waals surface area contributed by atoms with Crippen LogP contribution in [0.2, 0.25) is 0 Å². The summed E-state index contributed by atoms with van der Waals surface area (Å²) in [5.74, 6) is -1.78. The zero-order valence-corrected chi connectivity index (χ0v) is 10.6. The number of nitrogens with zero attached hydrogens (tertiary/aromatic N) is 2. The molecule has 20 heavy (non-hydrogen) atoms. The zero-order valence-electron chi connectivity index (χ0n) is 10.6. The molecule has 2 atom stereocenters. The molecule has 2 heterocycles. The van der Waals surface area contributed by atoms with Gasteiger partial charge in [-0.05, 0) is 36.8 Å². The van der Waals surface area contributed by atoms with Crippen LogP contribution in [0, 0.1) is 11.7 Å². The van der Waals surface area contributed by atoms with Crippen molar-refractivity contribution >= 4 is 5.97 Å². The summed E-state index contributed by atoms with van der Waals surface area (Å²) in [7, 11) is 0. The first-order chi connectivity index (χ1) is 9.66. The molecule has 0 bridgehead atoms. The smallest absolute Gasteiger partial charge is 0.309 e. The van der Waals surface area contributed by atoms with Crippen molar-refractivity contribution in [1.82, 2.24) is 9.78 Å². The number of rotatable bonds is 3. The molecule has 6 heteroatoms. The number of aliphatic carboxylic acids is 1. The molecule has 0 saturated carbocycles. The van der Waals surface area contributed by atoms with Gasteiger partial charge < -0.3 is 9.84 Å². The molecule has 0 aliphatic carbocycles. The highest BCUT2D eigenvalue weighted by Crippen LogP contribution is 2.35. The summed E-state index contributed by atoms with van der Waals surface area (Å²) in [6.07, 6.45) is 1.54. The predicted molar refractivity (Wildman–Crippen MR) is 68.0 cm³/mol. The first kappa shape index (κ1) is 12.8. The van der Waals surface area contributed by atoms with Crippen LogP contribution in [-0.4, -0.2) is 27.5 Å². The highest BCUT2D eigenvalue weighted by molar-refractivity contribution is 5.71. The van der Waals surface area contributed by atoms with Crippen molar-refractivity contribution < 1.29 is 19.0 Å². The Morgan fingerprint density at radius 3 is 2.80 bits per heavy atom. The van der Waals surface area contributed by atoms with Crippen LogP contribution in [0.25, 0.3) is 5.69 Å². The van der Waals surface area contributed by atoms with Gasteiger partial charge >= 0.3 is 5.97 Å². The molecule has 3 rings (SSSR count). The van der Waals surface area contributed by atoms with E-state index in [0.29, 0.717) is 24.4 Å². The molecule has 1 fully saturated rings. The van der Waals surface area contributed by atoms with Crippen LogP contribution in [0.15, 0.2) is 36.5 Å². The summed E-state index contributed by atoms with van der Waals surface area (Å²) in [5, 5.41) is 13.4. The third kappa shape index (κ3) is 2.18. The summed E-state index contributed by atoms with van der Waals surface area (Å²) in [6.45, 7) is 0.413. The summed E-state index contributed by atoms with van der Waals surface area (Å²) < 4.78 is 20.1. The Balaban J connectivity index is 1.98. The maximum Gasteiger partial charge on any atom is 0.309 e. The van der Waals surface area contributed by atoms with Gasteiger partial charge in [0, 0.05) is 12.8 Å². The molecule has 0 spiro atoms. The summed E-state index contributed by atoms with van der Waals surface area (Å²) in [4.78, 5) is 11.2. The van der Waals surface area contributed by atoms with Gasteiger partial charge in [-0.3, -0.25) is 4.79 Å². The Morgan fingerprint density at radius 1 is 1.35 bits per heavy atom. The van der Waals surface area contributed by atoms with E-state index >= 15 is 0 Å². The number of carboxylic acid groups (broad SMARTS) is 1. The van der Waals surface area contributed by atoms with Crippen molar-refractivity contribution in [3.63, 3.8) is 0 Å². The fraction of sp³-hybridized carbons (Fsp3) is 0.286. The van der Waals surface area contributed by atoms with Gasteiger partial charge in [0.25, 0.3) is 0 Å². The molecular weight excluding hydrogens is 263 g/mol. The first-order valence-corrected chi connectivity index (χ1v) is 6.31. The van der Waals surface area contributed by atoms with Gasteiger partial charge in [0.1, 0.15) is 11.9 Å². The van der Waals surface area contributed by atoms with E-state index in [0.717, 1.165) is 0 Å². The minimum atomic E-state index is -0.876. The molecule has 5 nitrogen and oxygen atoms in total. The minimum absolute atomic E-state index is 0.331. The van der Waals surface area contributed by atoms with Crippen molar-refractivity contribution in [2.75, 3.05) is 6.61 Å². The maximum absolute atomic E-state index is 13.0. The van der Waals surface area contributed by atoms with Crippen LogP contribution >= 0.6 is 0 Å². The largest absolute Gasteiger partial charge is 0.481 e. The lowest BCUT2D eigenvalue weighted by Crippen LogP contribution is -2.20. The van der Waals surface area contributed by atoms with Gasteiger partial charge in [-0.1, -0.05) is 0 Å². The molecular formula is C14H13FN2O3. The van der Waals surface area contributed by atoms with E-state index < -0.39 is 18.0 Å². The number of benzene rings is 1. The SMILES string of the molecule is O=C(O)[C@H]1CCO[C@H]1c1ccnn1-c1ccc(F)cc1. The zero-order chi connectivity index (χ0) is 14.1. The van der Waals surface area contributed by atoms with Crippen LogP contribution in [0.3, 0.4) is 0 Å². The van der Waals surface area contributed by atoms with Gasteiger partial charge in [0.15, 0.2) is 0 Å². The van der Waals surface area contributed by atoms with Crippen LogP contribution in [0.4, 0.5) is 4.39 Å². The molecule has 0 unspecified atom stereocenters. The van der Waals surface area contributed by atoms with E-state index in [4.69, 9.17) is 4.74 Å². The number of ether oxygens (including phenoxy) is 1. The van der Waals surface area contributed by atoms with Crippen molar-refractivity contribution in [2.45, 2.75) is 12.5 Å². The van der Waals surface area contributed by atoms with Gasteiger partial charge in [0.05, 0.1) is 17.3 Å². The molecule has 1 aromatic heterocycles. The van der Waals surface area contributed by atoms with Gasteiger partial charge in [-0.15, -0.1) is 0 Å². The number of halogens is 1. The first-order valence-electron chi connectivity index (χ1n) is 6.31. The quantitative estimate of drug-likeness (QED) is 0.933. The summed E-state index contributed by atoms with van der Waals surface area (Å²) >= 11 is 0. The Morgan fingerprint density at radius 2 is 2.10 bits per heavy atom. The minimum Gasteiger partial charge on any atom is -0.481 e. The van der Waals surface area contributed by atoms with E-state index in [9.17, 15) is 14.3 Å². The second kappa shape index (κ2) is 5.05.